The van der Waals surface area contributed by atoms with Gasteiger partial charge < -0.3 is 10.0 Å². The number of halogens is 4. The molecule has 0 bridgehead atoms. The highest BCUT2D eigenvalue weighted by Crippen LogP contribution is 2.37. The highest BCUT2D eigenvalue weighted by Gasteiger charge is 2.36. The minimum Gasteiger partial charge on any atom is -0.505 e. The van der Waals surface area contributed by atoms with Crippen molar-refractivity contribution >= 4 is 16.7 Å². The van der Waals surface area contributed by atoms with Crippen LogP contribution in [0, 0.1) is 11.2 Å². The van der Waals surface area contributed by atoms with Gasteiger partial charge >= 0.3 is 6.18 Å². The van der Waals surface area contributed by atoms with Crippen molar-refractivity contribution in [2.75, 3.05) is 18.0 Å². The number of phenols is 1. The Bertz CT molecular complexity index is 1060. The molecule has 1 aliphatic heterocycles. The monoisotopic (exact) mass is 408 g/mol. The van der Waals surface area contributed by atoms with Crippen LogP contribution in [-0.4, -0.2) is 33.0 Å². The van der Waals surface area contributed by atoms with Crippen LogP contribution in [0.15, 0.2) is 30.6 Å². The first-order valence-electron chi connectivity index (χ1n) is 9.24. The van der Waals surface area contributed by atoms with Crippen LogP contribution in [0.1, 0.15) is 32.3 Å². The Morgan fingerprint density at radius 1 is 1.07 bits per heavy atom. The van der Waals surface area contributed by atoms with E-state index in [0.717, 1.165) is 37.8 Å². The Labute approximate surface area is 164 Å². The van der Waals surface area contributed by atoms with Crippen LogP contribution in [0.5, 0.6) is 5.75 Å². The number of fused-ring (bicyclic) bond motifs is 1. The summed E-state index contributed by atoms with van der Waals surface area (Å²) in [5.74, 6) is -2.00. The number of phenolic OH excluding ortho intramolecular Hbond substituents is 1. The first-order chi connectivity index (χ1) is 13.5. The van der Waals surface area contributed by atoms with E-state index in [0.29, 0.717) is 22.4 Å². The number of nitrogens with zero attached hydrogens (tertiary/aromatic N) is 4. The fourth-order valence-corrected chi connectivity index (χ4v) is 3.56. The molecule has 0 radical (unpaired) electrons. The average Bonchev–Trinajstić information content (AvgIpc) is 3.06. The predicted molar refractivity (Wildman–Crippen MR) is 101 cm³/mol. The molecule has 1 aliphatic rings. The number of aromatic hydroxyl groups is 1. The van der Waals surface area contributed by atoms with E-state index in [2.05, 4.69) is 28.8 Å². The number of pyridine rings is 1. The van der Waals surface area contributed by atoms with Gasteiger partial charge in [-0.15, -0.1) is 0 Å². The molecule has 4 rings (SSSR count). The van der Waals surface area contributed by atoms with Gasteiger partial charge in [-0.05, 0) is 30.4 Å². The normalized spacial score (nSPS) is 17.1. The lowest BCUT2D eigenvalue weighted by Crippen LogP contribution is -2.37. The number of aromatic nitrogens is 3. The van der Waals surface area contributed by atoms with Crippen LogP contribution in [0.3, 0.4) is 0 Å². The summed E-state index contributed by atoms with van der Waals surface area (Å²) in [6, 6.07) is 3.38. The summed E-state index contributed by atoms with van der Waals surface area (Å²) in [5.41, 5.74) is -0.880. The summed E-state index contributed by atoms with van der Waals surface area (Å²) in [4.78, 5) is 6.63. The Hall–Kier alpha value is -2.84. The van der Waals surface area contributed by atoms with Gasteiger partial charge in [-0.1, -0.05) is 13.8 Å². The molecule has 0 spiro atoms. The van der Waals surface area contributed by atoms with E-state index in [9.17, 15) is 22.7 Å². The van der Waals surface area contributed by atoms with Gasteiger partial charge in [0.05, 0.1) is 29.2 Å². The molecule has 5 nitrogen and oxygen atoms in total. The standard InChI is InChI=1S/C20H20F4N4O/c1-19(2)3-5-27(6-4-19)17-7-12-10-26-28(15(12)11-25-17)13-8-14(20(22,23)24)18(21)16(29)9-13/h7-11,29H,3-6H2,1-2H3. The fraction of sp³-hybridized carbons (Fsp3) is 0.400. The SMILES string of the molecule is CC1(C)CCN(c2cc3cnn(-c4cc(O)c(F)c(C(F)(F)F)c4)c3cn2)CC1. The van der Waals surface area contributed by atoms with Crippen molar-refractivity contribution in [3.05, 3.63) is 42.0 Å². The summed E-state index contributed by atoms with van der Waals surface area (Å²) < 4.78 is 54.2. The lowest BCUT2D eigenvalue weighted by molar-refractivity contribution is -0.140. The van der Waals surface area contributed by atoms with E-state index in [4.69, 9.17) is 0 Å². The van der Waals surface area contributed by atoms with Gasteiger partial charge in [0.25, 0.3) is 0 Å². The molecule has 0 aliphatic carbocycles. The van der Waals surface area contributed by atoms with E-state index in [1.165, 1.54) is 17.1 Å². The van der Waals surface area contributed by atoms with E-state index < -0.39 is 23.3 Å². The minimum absolute atomic E-state index is 0.0968. The van der Waals surface area contributed by atoms with Crippen molar-refractivity contribution in [2.24, 2.45) is 5.41 Å². The van der Waals surface area contributed by atoms with Gasteiger partial charge in [0, 0.05) is 24.5 Å². The van der Waals surface area contributed by atoms with Crippen molar-refractivity contribution in [1.82, 2.24) is 14.8 Å². The number of rotatable bonds is 2. The molecule has 0 saturated carbocycles. The van der Waals surface area contributed by atoms with E-state index in [1.54, 1.807) is 0 Å². The Morgan fingerprint density at radius 3 is 2.41 bits per heavy atom. The van der Waals surface area contributed by atoms with Crippen molar-refractivity contribution in [2.45, 2.75) is 32.9 Å². The molecule has 0 amide bonds. The van der Waals surface area contributed by atoms with Crippen LogP contribution in [0.2, 0.25) is 0 Å². The van der Waals surface area contributed by atoms with Crippen LogP contribution in [-0.2, 0) is 6.18 Å². The maximum absolute atomic E-state index is 13.7. The second-order valence-corrected chi connectivity index (χ2v) is 8.13. The van der Waals surface area contributed by atoms with Gasteiger partial charge in [-0.25, -0.2) is 14.1 Å². The molecule has 1 N–H and O–H groups in total. The van der Waals surface area contributed by atoms with Crippen molar-refractivity contribution in [3.8, 4) is 11.4 Å². The van der Waals surface area contributed by atoms with Crippen LogP contribution < -0.4 is 4.90 Å². The van der Waals surface area contributed by atoms with Gasteiger partial charge in [0.15, 0.2) is 11.6 Å². The zero-order chi connectivity index (χ0) is 21.0. The molecule has 1 saturated heterocycles. The molecule has 0 atom stereocenters. The van der Waals surface area contributed by atoms with Crippen LogP contribution in [0.25, 0.3) is 16.6 Å². The maximum Gasteiger partial charge on any atom is 0.419 e. The average molecular weight is 408 g/mol. The largest absolute Gasteiger partial charge is 0.505 e. The zero-order valence-corrected chi connectivity index (χ0v) is 16.0. The molecule has 1 aromatic carbocycles. The molecule has 3 heterocycles. The number of piperidine rings is 1. The first-order valence-corrected chi connectivity index (χ1v) is 9.24. The maximum atomic E-state index is 13.7. The summed E-state index contributed by atoms with van der Waals surface area (Å²) in [6.07, 6.45) is 0.198. The molecule has 9 heteroatoms. The second-order valence-electron chi connectivity index (χ2n) is 8.13. The molecule has 154 valence electrons. The van der Waals surface area contributed by atoms with E-state index in [1.807, 2.05) is 6.07 Å². The lowest BCUT2D eigenvalue weighted by atomic mass is 9.83. The quantitative estimate of drug-likeness (QED) is 0.612. The topological polar surface area (TPSA) is 54.2 Å². The summed E-state index contributed by atoms with van der Waals surface area (Å²) in [6.45, 7) is 6.22. The van der Waals surface area contributed by atoms with Crippen LogP contribution >= 0.6 is 0 Å². The van der Waals surface area contributed by atoms with Crippen LogP contribution in [0.4, 0.5) is 23.4 Å². The van der Waals surface area contributed by atoms with E-state index in [-0.39, 0.29) is 5.69 Å². The number of alkyl halides is 3. The third-order valence-corrected chi connectivity index (χ3v) is 5.47. The van der Waals surface area contributed by atoms with Gasteiger partial charge in [-0.3, -0.25) is 0 Å². The second kappa shape index (κ2) is 6.60. The van der Waals surface area contributed by atoms with Crippen molar-refractivity contribution in [1.29, 1.82) is 0 Å². The third-order valence-electron chi connectivity index (χ3n) is 5.47. The number of hydrogen-bond acceptors (Lipinski definition) is 4. The molecular formula is C20H20F4N4O. The summed E-state index contributed by atoms with van der Waals surface area (Å²) in [7, 11) is 0. The Balaban J connectivity index is 1.71. The smallest absolute Gasteiger partial charge is 0.419 e. The van der Waals surface area contributed by atoms with Gasteiger partial charge in [0.1, 0.15) is 5.82 Å². The van der Waals surface area contributed by atoms with Crippen molar-refractivity contribution < 1.29 is 22.7 Å². The van der Waals surface area contributed by atoms with E-state index >= 15 is 0 Å². The molecular weight excluding hydrogens is 388 g/mol. The fourth-order valence-electron chi connectivity index (χ4n) is 3.56. The molecule has 3 aromatic rings. The predicted octanol–water partition coefficient (Wildman–Crippen LogP) is 4.91. The highest BCUT2D eigenvalue weighted by molar-refractivity contribution is 5.82. The first kappa shape index (κ1) is 19.5. The van der Waals surface area contributed by atoms with Gasteiger partial charge in [0.2, 0.25) is 0 Å². The Kier molecular flexibility index (Phi) is 4.43. The molecule has 1 fully saturated rings. The summed E-state index contributed by atoms with van der Waals surface area (Å²) >= 11 is 0. The molecule has 0 unspecified atom stereocenters. The van der Waals surface area contributed by atoms with Crippen molar-refractivity contribution in [3.63, 3.8) is 0 Å². The van der Waals surface area contributed by atoms with Gasteiger partial charge in [-0.2, -0.15) is 18.3 Å². The Morgan fingerprint density at radius 2 is 1.76 bits per heavy atom. The number of benzene rings is 1. The minimum atomic E-state index is -4.94. The molecule has 29 heavy (non-hydrogen) atoms. The molecule has 2 aromatic heterocycles. The lowest BCUT2D eigenvalue weighted by Gasteiger charge is -2.37. The number of hydrogen-bond donors (Lipinski definition) is 1. The summed E-state index contributed by atoms with van der Waals surface area (Å²) in [5, 5.41) is 14.5. The zero-order valence-electron chi connectivity index (χ0n) is 16.0. The number of anilines is 1. The highest BCUT2D eigenvalue weighted by atomic mass is 19.4. The third kappa shape index (κ3) is 3.61.